The van der Waals surface area contributed by atoms with Crippen LogP contribution in [-0.4, -0.2) is 137 Å². The Morgan fingerprint density at radius 2 is 1.28 bits per heavy atom. The van der Waals surface area contributed by atoms with Gasteiger partial charge in [0.2, 0.25) is 5.95 Å². The van der Waals surface area contributed by atoms with Crippen LogP contribution in [0, 0.1) is 6.92 Å². The Balaban J connectivity index is 0.000000690. The number of carboxylic acid groups (broad SMARTS) is 3. The number of piperazine rings is 1. The van der Waals surface area contributed by atoms with Crippen molar-refractivity contribution in [3.8, 4) is 0 Å². The monoisotopic (exact) mass is 647 g/mol. The van der Waals surface area contributed by atoms with Crippen molar-refractivity contribution in [2.75, 3.05) is 58.3 Å². The Morgan fingerprint density at radius 3 is 1.65 bits per heavy atom. The van der Waals surface area contributed by atoms with Crippen LogP contribution in [0.15, 0.2) is 12.4 Å². The van der Waals surface area contributed by atoms with Gasteiger partial charge in [0.25, 0.3) is 0 Å². The normalized spacial score (nSPS) is 18.7. The van der Waals surface area contributed by atoms with E-state index in [4.69, 9.17) is 34.4 Å². The number of hydrogen-bond donors (Lipinski definition) is 3. The highest BCUT2D eigenvalue weighted by atomic mass is 19.4. The largest absolute Gasteiger partial charge is 0.490 e. The molecule has 2 atom stereocenters. The Kier molecular flexibility index (Phi) is 15.6. The summed E-state index contributed by atoms with van der Waals surface area (Å²) in [5, 5.41) is 21.4. The van der Waals surface area contributed by atoms with Crippen LogP contribution in [0.4, 0.5) is 45.5 Å². The zero-order chi connectivity index (χ0) is 33.8. The Labute approximate surface area is 238 Å². The number of carbonyl (C=O) groups is 3. The first-order valence-electron chi connectivity index (χ1n) is 11.9. The summed E-state index contributed by atoms with van der Waals surface area (Å²) in [5.41, 5.74) is 1.11. The predicted octanol–water partition coefficient (Wildman–Crippen LogP) is 2.53. The Hall–Kier alpha value is -3.46. The molecule has 1 aromatic rings. The minimum absolute atomic E-state index is 0.379. The van der Waals surface area contributed by atoms with Crippen molar-refractivity contribution in [2.24, 2.45) is 0 Å². The van der Waals surface area contributed by atoms with Crippen molar-refractivity contribution in [3.05, 3.63) is 18.0 Å². The second kappa shape index (κ2) is 17.0. The molecule has 3 heterocycles. The van der Waals surface area contributed by atoms with Gasteiger partial charge in [0.1, 0.15) is 0 Å². The molecule has 0 bridgehead atoms. The van der Waals surface area contributed by atoms with Crippen LogP contribution < -0.4 is 4.90 Å². The molecule has 0 unspecified atom stereocenters. The van der Waals surface area contributed by atoms with Gasteiger partial charge in [-0.2, -0.15) is 39.5 Å². The van der Waals surface area contributed by atoms with Crippen molar-refractivity contribution >= 4 is 23.9 Å². The number of nitrogens with zero attached hydrogens (tertiary/aromatic N) is 5. The highest BCUT2D eigenvalue weighted by Crippen LogP contribution is 2.25. The summed E-state index contributed by atoms with van der Waals surface area (Å²) < 4.78 is 101. The molecule has 2 saturated heterocycles. The molecule has 21 heteroatoms. The summed E-state index contributed by atoms with van der Waals surface area (Å²) in [6.45, 7) is 8.00. The van der Waals surface area contributed by atoms with Crippen LogP contribution in [-0.2, 0) is 19.1 Å². The van der Waals surface area contributed by atoms with Crippen molar-refractivity contribution in [3.63, 3.8) is 0 Å². The van der Waals surface area contributed by atoms with E-state index in [0.717, 1.165) is 57.3 Å². The number of aryl methyl sites for hydroxylation is 1. The summed E-state index contributed by atoms with van der Waals surface area (Å²) in [6.07, 6.45) is -9.95. The van der Waals surface area contributed by atoms with Gasteiger partial charge >= 0.3 is 36.4 Å². The molecule has 0 aliphatic carbocycles. The predicted molar refractivity (Wildman–Crippen MR) is 128 cm³/mol. The van der Waals surface area contributed by atoms with E-state index >= 15 is 0 Å². The number of likely N-dealkylation sites (N-methyl/N-ethyl adjacent to an activating group) is 1. The fraction of sp³-hybridized carbons (Fsp3) is 0.682. The van der Waals surface area contributed by atoms with Crippen molar-refractivity contribution in [1.29, 1.82) is 0 Å². The lowest BCUT2D eigenvalue weighted by Crippen LogP contribution is -2.50. The highest BCUT2D eigenvalue weighted by molar-refractivity contribution is 5.73. The number of ether oxygens (including phenoxy) is 1. The summed E-state index contributed by atoms with van der Waals surface area (Å²) in [7, 11) is 4.17. The molecular formula is C22H30F9N5O7. The number of fused-ring (bicyclic) bond motifs is 1. The van der Waals surface area contributed by atoms with Crippen LogP contribution in [0.25, 0.3) is 0 Å². The average Bonchev–Trinajstić information content (AvgIpc) is 3.25. The molecule has 3 N–H and O–H groups in total. The summed E-state index contributed by atoms with van der Waals surface area (Å²) >= 11 is 0. The van der Waals surface area contributed by atoms with Crippen molar-refractivity contribution in [1.82, 2.24) is 19.8 Å². The molecule has 0 spiro atoms. The fourth-order valence-corrected chi connectivity index (χ4v) is 3.25. The number of alkyl halides is 9. The molecule has 248 valence electrons. The molecule has 2 aliphatic heterocycles. The lowest BCUT2D eigenvalue weighted by molar-refractivity contribution is -0.193. The first-order chi connectivity index (χ1) is 19.4. The summed E-state index contributed by atoms with van der Waals surface area (Å²) in [4.78, 5) is 42.6. The summed E-state index contributed by atoms with van der Waals surface area (Å²) in [6, 6.07) is 0.572. The SMILES string of the molecule is Cc1cnc(N2CCN3C[C@H](OCCN(C)C)C[C@H]3C2)nc1.O=C(O)C(F)(F)F.O=C(O)C(F)(F)F.O=C(O)C(F)(F)F. The maximum Gasteiger partial charge on any atom is 0.490 e. The third-order valence-corrected chi connectivity index (χ3v) is 5.25. The number of halogens is 9. The molecule has 0 radical (unpaired) electrons. The molecule has 0 saturated carbocycles. The van der Waals surface area contributed by atoms with Crippen LogP contribution in [0.5, 0.6) is 0 Å². The molecular weight excluding hydrogens is 617 g/mol. The topological polar surface area (TPSA) is 157 Å². The lowest BCUT2D eigenvalue weighted by Gasteiger charge is -2.37. The molecule has 0 amide bonds. The van der Waals surface area contributed by atoms with E-state index in [9.17, 15) is 39.5 Å². The summed E-state index contributed by atoms with van der Waals surface area (Å²) in [5.74, 6) is -7.41. The first-order valence-corrected chi connectivity index (χ1v) is 11.9. The molecule has 1 aromatic heterocycles. The zero-order valence-corrected chi connectivity index (χ0v) is 22.9. The van der Waals surface area contributed by atoms with E-state index < -0.39 is 36.4 Å². The van der Waals surface area contributed by atoms with Crippen LogP contribution >= 0.6 is 0 Å². The molecule has 43 heavy (non-hydrogen) atoms. The zero-order valence-electron chi connectivity index (χ0n) is 22.9. The maximum atomic E-state index is 10.6. The van der Waals surface area contributed by atoms with Crippen molar-refractivity contribution < 1.29 is 74.0 Å². The van der Waals surface area contributed by atoms with Gasteiger partial charge in [0.15, 0.2) is 0 Å². The van der Waals surface area contributed by atoms with Gasteiger partial charge in [-0.15, -0.1) is 0 Å². The second-order valence-corrected chi connectivity index (χ2v) is 9.10. The number of aromatic nitrogens is 2. The van der Waals surface area contributed by atoms with E-state index in [-0.39, 0.29) is 0 Å². The number of rotatable bonds is 5. The number of carboxylic acids is 3. The first kappa shape index (κ1) is 39.5. The van der Waals surface area contributed by atoms with Gasteiger partial charge in [0, 0.05) is 51.2 Å². The molecule has 3 rings (SSSR count). The third kappa shape index (κ3) is 16.7. The van der Waals surface area contributed by atoms with E-state index in [1.54, 1.807) is 0 Å². The van der Waals surface area contributed by atoms with Gasteiger partial charge in [-0.25, -0.2) is 24.4 Å². The molecule has 0 aromatic carbocycles. The smallest absolute Gasteiger partial charge is 0.475 e. The lowest BCUT2D eigenvalue weighted by atomic mass is 10.1. The van der Waals surface area contributed by atoms with E-state index in [0.29, 0.717) is 12.1 Å². The number of anilines is 1. The molecule has 12 nitrogen and oxygen atoms in total. The number of hydrogen-bond acceptors (Lipinski definition) is 9. The average molecular weight is 647 g/mol. The van der Waals surface area contributed by atoms with Gasteiger partial charge in [-0.3, -0.25) is 4.90 Å². The Morgan fingerprint density at radius 1 is 0.860 bits per heavy atom. The van der Waals surface area contributed by atoms with Crippen LogP contribution in [0.3, 0.4) is 0 Å². The van der Waals surface area contributed by atoms with Crippen LogP contribution in [0.2, 0.25) is 0 Å². The Bertz CT molecular complexity index is 966. The number of aliphatic carboxylic acids is 3. The highest BCUT2D eigenvalue weighted by Gasteiger charge is 2.40. The fourth-order valence-electron chi connectivity index (χ4n) is 3.25. The van der Waals surface area contributed by atoms with Gasteiger partial charge in [0.05, 0.1) is 12.7 Å². The van der Waals surface area contributed by atoms with E-state index in [2.05, 4.69) is 38.8 Å². The third-order valence-electron chi connectivity index (χ3n) is 5.25. The van der Waals surface area contributed by atoms with Crippen LogP contribution in [0.1, 0.15) is 12.0 Å². The second-order valence-electron chi connectivity index (χ2n) is 9.10. The van der Waals surface area contributed by atoms with E-state index in [1.165, 1.54) is 0 Å². The quantitative estimate of drug-likeness (QED) is 0.402. The van der Waals surface area contributed by atoms with E-state index in [1.807, 2.05) is 19.3 Å². The maximum absolute atomic E-state index is 10.6. The molecule has 2 aliphatic rings. The molecule has 2 fully saturated rings. The van der Waals surface area contributed by atoms with Gasteiger partial charge in [-0.05, 0) is 33.0 Å². The van der Waals surface area contributed by atoms with Gasteiger partial charge < -0.3 is 29.9 Å². The standard InChI is InChI=1S/C16H27N5O.3C2HF3O2/c1-13-9-17-16(18-10-13)21-5-4-20-12-15(8-14(20)11-21)22-7-6-19(2)3;3*3-2(4,5)1(6)7/h9-10,14-15H,4-8,11-12H2,1-3H3;3*(H,6,7)/t14-,15+;;;/m0.../s1. The van der Waals surface area contributed by atoms with Gasteiger partial charge in [-0.1, -0.05) is 0 Å². The minimum atomic E-state index is -5.08. The minimum Gasteiger partial charge on any atom is -0.475 e. The van der Waals surface area contributed by atoms with Crippen molar-refractivity contribution in [2.45, 2.75) is 44.0 Å².